The molecule has 1 aromatic heterocycles. The van der Waals surface area contributed by atoms with Gasteiger partial charge in [0.2, 0.25) is 0 Å². The van der Waals surface area contributed by atoms with Crippen LogP contribution in [0, 0.1) is 11.7 Å². The highest BCUT2D eigenvalue weighted by Gasteiger charge is 2.17. The van der Waals surface area contributed by atoms with E-state index in [1.54, 1.807) is 12.1 Å². The third-order valence-corrected chi connectivity index (χ3v) is 3.66. The molecule has 19 heavy (non-hydrogen) atoms. The number of rotatable bonds is 4. The molecule has 102 valence electrons. The summed E-state index contributed by atoms with van der Waals surface area (Å²) in [5.74, 6) is 1.52. The van der Waals surface area contributed by atoms with Crippen molar-refractivity contribution in [3.63, 3.8) is 0 Å². The molecule has 0 unspecified atom stereocenters. The number of halogens is 3. The smallest absolute Gasteiger partial charge is 0.166 e. The molecule has 0 aliphatic carbocycles. The molecule has 0 N–H and O–H groups in total. The summed E-state index contributed by atoms with van der Waals surface area (Å²) in [7, 11) is 0. The third-order valence-electron chi connectivity index (χ3n) is 2.66. The molecule has 1 heterocycles. The van der Waals surface area contributed by atoms with Crippen molar-refractivity contribution in [1.29, 1.82) is 0 Å². The molecule has 0 atom stereocenters. The van der Waals surface area contributed by atoms with E-state index in [0.717, 1.165) is 16.8 Å². The molecule has 0 radical (unpaired) electrons. The van der Waals surface area contributed by atoms with E-state index in [-0.39, 0.29) is 5.82 Å². The third kappa shape index (κ3) is 3.23. The molecule has 0 aliphatic rings. The summed E-state index contributed by atoms with van der Waals surface area (Å²) >= 11 is 6.75. The van der Waals surface area contributed by atoms with E-state index in [9.17, 15) is 4.39 Å². The van der Waals surface area contributed by atoms with Gasteiger partial charge >= 0.3 is 0 Å². The molecule has 3 nitrogen and oxygen atoms in total. The van der Waals surface area contributed by atoms with Gasteiger partial charge in [0.25, 0.3) is 0 Å². The number of aromatic nitrogens is 3. The first-order chi connectivity index (χ1) is 9.02. The van der Waals surface area contributed by atoms with Crippen LogP contribution in [0.15, 0.2) is 22.7 Å². The van der Waals surface area contributed by atoms with E-state index in [4.69, 9.17) is 0 Å². The average Bonchev–Trinajstić information content (AvgIpc) is 2.74. The first-order valence-corrected chi connectivity index (χ1v) is 7.87. The molecular weight excluding hydrogens is 377 g/mol. The van der Waals surface area contributed by atoms with E-state index < -0.39 is 0 Å². The lowest BCUT2D eigenvalue weighted by molar-refractivity contribution is 0.514. The van der Waals surface area contributed by atoms with Crippen LogP contribution >= 0.6 is 31.9 Å². The molecule has 2 rings (SSSR count). The molecular formula is C13H14Br2FN3. The summed E-state index contributed by atoms with van der Waals surface area (Å²) in [5.41, 5.74) is 0.467. The van der Waals surface area contributed by atoms with Crippen LogP contribution in [-0.2, 0) is 11.9 Å². The summed E-state index contributed by atoms with van der Waals surface area (Å²) < 4.78 is 16.8. The van der Waals surface area contributed by atoms with Gasteiger partial charge in [0, 0.05) is 11.0 Å². The van der Waals surface area contributed by atoms with Crippen LogP contribution in [-0.4, -0.2) is 14.8 Å². The molecule has 0 fully saturated rings. The van der Waals surface area contributed by atoms with Crippen molar-refractivity contribution >= 4 is 31.9 Å². The predicted molar refractivity (Wildman–Crippen MR) is 80.6 cm³/mol. The van der Waals surface area contributed by atoms with Gasteiger partial charge in [0.15, 0.2) is 5.82 Å². The van der Waals surface area contributed by atoms with Gasteiger partial charge in [0.1, 0.15) is 11.6 Å². The molecule has 0 spiro atoms. The van der Waals surface area contributed by atoms with Crippen molar-refractivity contribution < 1.29 is 4.39 Å². The molecule has 1 aromatic carbocycles. The van der Waals surface area contributed by atoms with Crippen molar-refractivity contribution in [2.75, 3.05) is 0 Å². The van der Waals surface area contributed by atoms with Crippen molar-refractivity contribution in [1.82, 2.24) is 14.8 Å². The zero-order valence-corrected chi connectivity index (χ0v) is 13.9. The molecule has 0 amide bonds. The first-order valence-electron chi connectivity index (χ1n) is 5.96. The number of hydrogen-bond donors (Lipinski definition) is 0. The van der Waals surface area contributed by atoms with Gasteiger partial charge < -0.3 is 4.57 Å². The van der Waals surface area contributed by atoms with Crippen LogP contribution < -0.4 is 0 Å². The fraction of sp³-hybridized carbons (Fsp3) is 0.385. The minimum atomic E-state index is -0.290. The molecule has 0 saturated carbocycles. The average molecular weight is 391 g/mol. The van der Waals surface area contributed by atoms with Crippen LogP contribution in [0.3, 0.4) is 0 Å². The monoisotopic (exact) mass is 389 g/mol. The SMILES string of the molecule is CC(C)Cn1c(CBr)nnc1-c1cc(Br)ccc1F. The Hall–Kier alpha value is -0.750. The lowest BCUT2D eigenvalue weighted by atomic mass is 10.1. The van der Waals surface area contributed by atoms with E-state index in [0.29, 0.717) is 22.6 Å². The fourth-order valence-corrected chi connectivity index (χ4v) is 2.64. The Morgan fingerprint density at radius 1 is 1.32 bits per heavy atom. The Morgan fingerprint density at radius 2 is 2.05 bits per heavy atom. The maximum Gasteiger partial charge on any atom is 0.166 e. The Labute approximate surface area is 128 Å². The van der Waals surface area contributed by atoms with Gasteiger partial charge in [-0.15, -0.1) is 10.2 Å². The van der Waals surface area contributed by atoms with Gasteiger partial charge in [-0.05, 0) is 24.1 Å². The number of hydrogen-bond acceptors (Lipinski definition) is 2. The number of nitrogens with zero attached hydrogens (tertiary/aromatic N) is 3. The second kappa shape index (κ2) is 6.13. The van der Waals surface area contributed by atoms with Gasteiger partial charge in [-0.3, -0.25) is 0 Å². The molecule has 2 aromatic rings. The van der Waals surface area contributed by atoms with E-state index >= 15 is 0 Å². The summed E-state index contributed by atoms with van der Waals surface area (Å²) in [6, 6.07) is 4.84. The second-order valence-electron chi connectivity index (χ2n) is 4.70. The van der Waals surface area contributed by atoms with E-state index in [2.05, 4.69) is 55.9 Å². The van der Waals surface area contributed by atoms with Gasteiger partial charge in [0.05, 0.1) is 10.9 Å². The summed E-state index contributed by atoms with van der Waals surface area (Å²) in [6.45, 7) is 4.98. The lowest BCUT2D eigenvalue weighted by Crippen LogP contribution is -2.09. The van der Waals surface area contributed by atoms with Crippen molar-refractivity contribution in [2.45, 2.75) is 25.7 Å². The topological polar surface area (TPSA) is 30.7 Å². The zero-order valence-electron chi connectivity index (χ0n) is 10.7. The predicted octanol–water partition coefficient (Wildman–Crippen LogP) is 4.40. The first kappa shape index (κ1) is 14.7. The highest BCUT2D eigenvalue weighted by molar-refractivity contribution is 9.10. The van der Waals surface area contributed by atoms with Crippen molar-refractivity contribution in [2.24, 2.45) is 5.92 Å². The minimum Gasteiger partial charge on any atom is -0.310 e. The summed E-state index contributed by atoms with van der Waals surface area (Å²) in [4.78, 5) is 0. The molecule has 0 aliphatic heterocycles. The number of benzene rings is 1. The van der Waals surface area contributed by atoms with Gasteiger partial charge in [-0.1, -0.05) is 45.7 Å². The highest BCUT2D eigenvalue weighted by Crippen LogP contribution is 2.26. The maximum absolute atomic E-state index is 14.0. The lowest BCUT2D eigenvalue weighted by Gasteiger charge is -2.12. The van der Waals surface area contributed by atoms with E-state index in [1.165, 1.54) is 6.07 Å². The Kier molecular flexibility index (Phi) is 4.73. The second-order valence-corrected chi connectivity index (χ2v) is 6.18. The van der Waals surface area contributed by atoms with Crippen LogP contribution in [0.1, 0.15) is 19.7 Å². The Bertz CT molecular complexity index is 581. The minimum absolute atomic E-state index is 0.290. The highest BCUT2D eigenvalue weighted by atomic mass is 79.9. The van der Waals surface area contributed by atoms with Crippen LogP contribution in [0.25, 0.3) is 11.4 Å². The molecule has 0 bridgehead atoms. The van der Waals surface area contributed by atoms with Crippen LogP contribution in [0.4, 0.5) is 4.39 Å². The largest absolute Gasteiger partial charge is 0.310 e. The van der Waals surface area contributed by atoms with Crippen molar-refractivity contribution in [3.8, 4) is 11.4 Å². The van der Waals surface area contributed by atoms with Crippen LogP contribution in [0.5, 0.6) is 0 Å². The fourth-order valence-electron chi connectivity index (χ4n) is 1.86. The van der Waals surface area contributed by atoms with Gasteiger partial charge in [-0.2, -0.15) is 0 Å². The van der Waals surface area contributed by atoms with Crippen molar-refractivity contribution in [3.05, 3.63) is 34.3 Å². The Balaban J connectivity index is 2.55. The maximum atomic E-state index is 14.0. The molecule has 6 heteroatoms. The van der Waals surface area contributed by atoms with E-state index in [1.807, 2.05) is 4.57 Å². The van der Waals surface area contributed by atoms with Gasteiger partial charge in [-0.25, -0.2) is 4.39 Å². The summed E-state index contributed by atoms with van der Waals surface area (Å²) in [6.07, 6.45) is 0. The van der Waals surface area contributed by atoms with Crippen LogP contribution in [0.2, 0.25) is 0 Å². The summed E-state index contributed by atoms with van der Waals surface area (Å²) in [5, 5.41) is 8.85. The Morgan fingerprint density at radius 3 is 2.68 bits per heavy atom. The normalized spacial score (nSPS) is 11.3. The zero-order chi connectivity index (χ0) is 14.0. The quantitative estimate of drug-likeness (QED) is 0.724. The standard InChI is InChI=1S/C13H14Br2FN3/c1-8(2)7-19-12(6-14)17-18-13(19)10-5-9(15)3-4-11(10)16/h3-5,8H,6-7H2,1-2H3. The number of alkyl halides is 1. The molecule has 0 saturated heterocycles.